The Morgan fingerprint density at radius 3 is 2.90 bits per heavy atom. The number of halogens is 1. The van der Waals surface area contributed by atoms with Crippen LogP contribution in [0.2, 0.25) is 0 Å². The summed E-state index contributed by atoms with van der Waals surface area (Å²) in [6, 6.07) is 4.22. The third kappa shape index (κ3) is 3.88. The van der Waals surface area contributed by atoms with Gasteiger partial charge in [-0.1, -0.05) is 0 Å². The summed E-state index contributed by atoms with van der Waals surface area (Å²) in [6.07, 6.45) is 0.986. The number of rotatable bonds is 6. The summed E-state index contributed by atoms with van der Waals surface area (Å²) in [5.41, 5.74) is 1.23. The lowest BCUT2D eigenvalue weighted by molar-refractivity contribution is -0.128. The van der Waals surface area contributed by atoms with Crippen molar-refractivity contribution in [2.75, 3.05) is 26.8 Å². The summed E-state index contributed by atoms with van der Waals surface area (Å²) in [4.78, 5) is 25.3. The maximum Gasteiger partial charge on any atom is 0.223 e. The molecule has 0 bridgehead atoms. The number of hydrogen-bond acceptors (Lipinski definition) is 3. The van der Waals surface area contributed by atoms with Crippen LogP contribution in [0.4, 0.5) is 4.39 Å². The van der Waals surface area contributed by atoms with Crippen LogP contribution in [0.3, 0.4) is 0 Å². The lowest BCUT2D eigenvalue weighted by atomic mass is 9.93. The van der Waals surface area contributed by atoms with Gasteiger partial charge < -0.3 is 9.64 Å². The summed E-state index contributed by atoms with van der Waals surface area (Å²) in [5, 5.41) is 0. The molecule has 1 atom stereocenters. The van der Waals surface area contributed by atoms with Crippen LogP contribution in [0.1, 0.15) is 29.3 Å². The first kappa shape index (κ1) is 15.6. The summed E-state index contributed by atoms with van der Waals surface area (Å²) in [6.45, 7) is 3.20. The fraction of sp³-hybridized carbons (Fsp3) is 0.500. The van der Waals surface area contributed by atoms with Gasteiger partial charge in [-0.15, -0.1) is 0 Å². The third-order valence-electron chi connectivity index (χ3n) is 3.82. The van der Waals surface area contributed by atoms with Crippen molar-refractivity contribution in [3.8, 4) is 0 Å². The lowest BCUT2D eigenvalue weighted by Crippen LogP contribution is -2.29. The van der Waals surface area contributed by atoms with Crippen molar-refractivity contribution in [3.63, 3.8) is 0 Å². The molecule has 1 heterocycles. The minimum atomic E-state index is -0.351. The van der Waals surface area contributed by atoms with E-state index in [4.69, 9.17) is 4.74 Å². The molecule has 0 aromatic heterocycles. The number of hydrogen-bond donors (Lipinski definition) is 0. The fourth-order valence-corrected chi connectivity index (χ4v) is 2.79. The monoisotopic (exact) mass is 293 g/mol. The van der Waals surface area contributed by atoms with Gasteiger partial charge in [-0.3, -0.25) is 9.59 Å². The van der Waals surface area contributed by atoms with Crippen LogP contribution in [0.15, 0.2) is 18.2 Å². The maximum absolute atomic E-state index is 13.4. The van der Waals surface area contributed by atoms with Gasteiger partial charge in [-0.05, 0) is 43.0 Å². The minimum Gasteiger partial charge on any atom is -0.383 e. The molecule has 1 aliphatic heterocycles. The normalized spacial score (nSPS) is 18.3. The van der Waals surface area contributed by atoms with Crippen LogP contribution in [0.25, 0.3) is 0 Å². The number of Topliss-reactive ketones (excluding diaryl/α,β-unsaturated/α-hetero) is 1. The highest BCUT2D eigenvalue weighted by Crippen LogP contribution is 2.24. The van der Waals surface area contributed by atoms with E-state index in [1.165, 1.54) is 25.1 Å². The Hall–Kier alpha value is -1.75. The van der Waals surface area contributed by atoms with Crippen LogP contribution < -0.4 is 0 Å². The van der Waals surface area contributed by atoms with Crippen LogP contribution in [-0.4, -0.2) is 43.4 Å². The van der Waals surface area contributed by atoms with Crippen molar-refractivity contribution in [2.45, 2.75) is 19.8 Å². The maximum atomic E-state index is 13.4. The number of ketones is 1. The summed E-state index contributed by atoms with van der Waals surface area (Å²) in [5.74, 6) is -0.215. The molecule has 2 rings (SSSR count). The second-order valence-electron chi connectivity index (χ2n) is 5.46. The molecule has 1 aliphatic rings. The van der Waals surface area contributed by atoms with Gasteiger partial charge in [0.25, 0.3) is 0 Å². The Kier molecular flexibility index (Phi) is 5.07. The fourth-order valence-electron chi connectivity index (χ4n) is 2.79. The second kappa shape index (κ2) is 6.80. The highest BCUT2D eigenvalue weighted by atomic mass is 19.1. The standard InChI is InChI=1S/C16H20FNO3/c1-11(19)15-4-3-14(17)9-13(15)7-12-8-16(20)18(10-12)5-6-21-2/h3-4,9,12H,5-8,10H2,1-2H3. The van der Waals surface area contributed by atoms with Crippen LogP contribution >= 0.6 is 0 Å². The Labute approximate surface area is 123 Å². The molecule has 21 heavy (non-hydrogen) atoms. The number of methoxy groups -OCH3 is 1. The minimum absolute atomic E-state index is 0.0782. The van der Waals surface area contributed by atoms with E-state index in [1.54, 1.807) is 12.0 Å². The van der Waals surface area contributed by atoms with Gasteiger partial charge in [-0.25, -0.2) is 4.39 Å². The van der Waals surface area contributed by atoms with Crippen LogP contribution in [0.5, 0.6) is 0 Å². The zero-order valence-electron chi connectivity index (χ0n) is 12.4. The van der Waals surface area contributed by atoms with Gasteiger partial charge in [0, 0.05) is 32.2 Å². The molecule has 4 nitrogen and oxygen atoms in total. The van der Waals surface area contributed by atoms with E-state index in [1.807, 2.05) is 0 Å². The van der Waals surface area contributed by atoms with Crippen molar-refractivity contribution in [3.05, 3.63) is 35.1 Å². The predicted molar refractivity (Wildman–Crippen MR) is 76.7 cm³/mol. The molecule has 0 saturated carbocycles. The number of carbonyl (C=O) groups excluding carboxylic acids is 2. The highest BCUT2D eigenvalue weighted by molar-refractivity contribution is 5.95. The molecule has 1 amide bonds. The molecule has 0 aliphatic carbocycles. The highest BCUT2D eigenvalue weighted by Gasteiger charge is 2.29. The van der Waals surface area contributed by atoms with E-state index in [2.05, 4.69) is 0 Å². The molecule has 1 unspecified atom stereocenters. The van der Waals surface area contributed by atoms with Crippen LogP contribution in [0, 0.1) is 11.7 Å². The van der Waals surface area contributed by atoms with Gasteiger partial charge in [0.15, 0.2) is 5.78 Å². The number of benzene rings is 1. The average Bonchev–Trinajstić information content (AvgIpc) is 2.76. The number of ether oxygens (including phenoxy) is 1. The molecule has 5 heteroatoms. The van der Waals surface area contributed by atoms with E-state index in [0.717, 1.165) is 0 Å². The van der Waals surface area contributed by atoms with E-state index in [-0.39, 0.29) is 23.4 Å². The zero-order valence-corrected chi connectivity index (χ0v) is 12.4. The summed E-state index contributed by atoms with van der Waals surface area (Å²) < 4.78 is 18.4. The predicted octanol–water partition coefficient (Wildman–Crippen LogP) is 2.07. The largest absolute Gasteiger partial charge is 0.383 e. The molecular formula is C16H20FNO3. The van der Waals surface area contributed by atoms with Crippen molar-refractivity contribution in [2.24, 2.45) is 5.92 Å². The average molecular weight is 293 g/mol. The molecule has 1 aromatic rings. The van der Waals surface area contributed by atoms with E-state index < -0.39 is 0 Å². The molecule has 0 N–H and O–H groups in total. The van der Waals surface area contributed by atoms with Crippen molar-refractivity contribution in [1.82, 2.24) is 4.90 Å². The molecule has 114 valence electrons. The Balaban J connectivity index is 2.07. The lowest BCUT2D eigenvalue weighted by Gasteiger charge is -2.16. The second-order valence-corrected chi connectivity index (χ2v) is 5.46. The molecule has 1 saturated heterocycles. The molecule has 0 radical (unpaired) electrons. The van der Waals surface area contributed by atoms with E-state index in [9.17, 15) is 14.0 Å². The first-order chi connectivity index (χ1) is 10.0. The van der Waals surface area contributed by atoms with E-state index >= 15 is 0 Å². The third-order valence-corrected chi connectivity index (χ3v) is 3.82. The topological polar surface area (TPSA) is 46.6 Å². The Morgan fingerprint density at radius 1 is 1.48 bits per heavy atom. The van der Waals surface area contributed by atoms with Crippen molar-refractivity contribution >= 4 is 11.7 Å². The first-order valence-electron chi connectivity index (χ1n) is 7.07. The van der Waals surface area contributed by atoms with Gasteiger partial charge in [0.2, 0.25) is 5.91 Å². The van der Waals surface area contributed by atoms with Gasteiger partial charge in [0.05, 0.1) is 6.61 Å². The first-order valence-corrected chi connectivity index (χ1v) is 7.07. The Morgan fingerprint density at radius 2 is 2.24 bits per heavy atom. The number of nitrogens with zero attached hydrogens (tertiary/aromatic N) is 1. The molecule has 1 aromatic carbocycles. The van der Waals surface area contributed by atoms with Crippen LogP contribution in [-0.2, 0) is 16.0 Å². The zero-order chi connectivity index (χ0) is 15.4. The number of likely N-dealkylation sites (tertiary alicyclic amines) is 1. The van der Waals surface area contributed by atoms with Crippen molar-refractivity contribution in [1.29, 1.82) is 0 Å². The Bertz CT molecular complexity index is 544. The van der Waals surface area contributed by atoms with Gasteiger partial charge in [-0.2, -0.15) is 0 Å². The smallest absolute Gasteiger partial charge is 0.223 e. The SMILES string of the molecule is COCCN1CC(Cc2cc(F)ccc2C(C)=O)CC1=O. The number of carbonyl (C=O) groups is 2. The van der Waals surface area contributed by atoms with Gasteiger partial charge >= 0.3 is 0 Å². The summed E-state index contributed by atoms with van der Waals surface area (Å²) >= 11 is 0. The number of amides is 1. The molecule has 1 fully saturated rings. The molecule has 0 spiro atoms. The summed E-state index contributed by atoms with van der Waals surface area (Å²) in [7, 11) is 1.60. The molecular weight excluding hydrogens is 273 g/mol. The quantitative estimate of drug-likeness (QED) is 0.754. The van der Waals surface area contributed by atoms with Gasteiger partial charge in [0.1, 0.15) is 5.82 Å². The van der Waals surface area contributed by atoms with E-state index in [0.29, 0.717) is 43.7 Å². The van der Waals surface area contributed by atoms with Crippen molar-refractivity contribution < 1.29 is 18.7 Å².